The Morgan fingerprint density at radius 3 is 2.68 bits per heavy atom. The Hall–Kier alpha value is -3.44. The number of imidazole rings is 1. The second-order valence-electron chi connectivity index (χ2n) is 8.19. The summed E-state index contributed by atoms with van der Waals surface area (Å²) in [7, 11) is 0. The number of hydrogen-bond acceptors (Lipinski definition) is 3. The summed E-state index contributed by atoms with van der Waals surface area (Å²) in [6.07, 6.45) is 0.912. The molecule has 0 bridgehead atoms. The van der Waals surface area contributed by atoms with Gasteiger partial charge in [-0.3, -0.25) is 4.79 Å². The van der Waals surface area contributed by atoms with Gasteiger partial charge in [0.25, 0.3) is 0 Å². The zero-order chi connectivity index (χ0) is 21.2. The van der Waals surface area contributed by atoms with Crippen molar-refractivity contribution in [1.29, 1.82) is 0 Å². The molecule has 0 radical (unpaired) electrons. The third-order valence-electron chi connectivity index (χ3n) is 6.08. The van der Waals surface area contributed by atoms with Crippen LogP contribution in [0.5, 0.6) is 0 Å². The molecule has 4 aromatic rings. The summed E-state index contributed by atoms with van der Waals surface area (Å²) >= 11 is 0. The van der Waals surface area contributed by atoms with Crippen LogP contribution in [0.25, 0.3) is 33.5 Å². The van der Waals surface area contributed by atoms with Crippen molar-refractivity contribution < 1.29 is 4.79 Å². The number of aromatic amines is 1. The van der Waals surface area contributed by atoms with Crippen LogP contribution in [0.1, 0.15) is 17.5 Å². The second-order valence-corrected chi connectivity index (χ2v) is 8.19. The highest BCUT2D eigenvalue weighted by Gasteiger charge is 2.23. The Balaban J connectivity index is 1.37. The maximum Gasteiger partial charge on any atom is 0.224 e. The first-order chi connectivity index (χ1) is 15.2. The van der Waals surface area contributed by atoms with Gasteiger partial charge in [-0.15, -0.1) is 0 Å². The molecule has 0 aliphatic carbocycles. The molecule has 1 aliphatic rings. The van der Waals surface area contributed by atoms with Gasteiger partial charge in [-0.1, -0.05) is 54.6 Å². The first kappa shape index (κ1) is 19.5. The van der Waals surface area contributed by atoms with Crippen molar-refractivity contribution in [3.63, 3.8) is 0 Å². The van der Waals surface area contributed by atoms with Crippen LogP contribution in [0.3, 0.4) is 0 Å². The highest BCUT2D eigenvalue weighted by molar-refractivity contribution is 5.88. The van der Waals surface area contributed by atoms with Crippen LogP contribution in [0.15, 0.2) is 66.7 Å². The van der Waals surface area contributed by atoms with E-state index in [0.29, 0.717) is 6.54 Å². The van der Waals surface area contributed by atoms with Crippen molar-refractivity contribution >= 4 is 16.9 Å². The monoisotopic (exact) mass is 410 g/mol. The minimum Gasteiger partial charge on any atom is -0.356 e. The fraction of sp³-hybridized carbons (Fsp3) is 0.231. The molecule has 5 heteroatoms. The smallest absolute Gasteiger partial charge is 0.224 e. The number of carbonyl (C=O) groups is 1. The molecule has 0 spiro atoms. The van der Waals surface area contributed by atoms with E-state index >= 15 is 0 Å². The van der Waals surface area contributed by atoms with E-state index in [1.807, 2.05) is 6.07 Å². The predicted octanol–water partition coefficient (Wildman–Crippen LogP) is 4.43. The molecule has 0 saturated carbocycles. The Bertz CT molecular complexity index is 1230. The Labute approximate surface area is 181 Å². The number of aryl methyl sites for hydroxylation is 1. The Morgan fingerprint density at radius 1 is 1.03 bits per heavy atom. The van der Waals surface area contributed by atoms with Gasteiger partial charge in [0.1, 0.15) is 5.82 Å². The summed E-state index contributed by atoms with van der Waals surface area (Å²) in [5.74, 6) is 1.12. The molecule has 1 aromatic heterocycles. The molecule has 5 rings (SSSR count). The summed E-state index contributed by atoms with van der Waals surface area (Å²) in [6, 6.07) is 23.1. The molecule has 3 N–H and O–H groups in total. The van der Waals surface area contributed by atoms with Crippen molar-refractivity contribution in [2.45, 2.75) is 19.9 Å². The molecule has 1 amide bonds. The van der Waals surface area contributed by atoms with Crippen molar-refractivity contribution in [2.75, 3.05) is 13.1 Å². The van der Waals surface area contributed by atoms with Crippen molar-refractivity contribution in [2.24, 2.45) is 5.92 Å². The van der Waals surface area contributed by atoms with Gasteiger partial charge in [-0.05, 0) is 47.7 Å². The van der Waals surface area contributed by atoms with Crippen LogP contribution in [0, 0.1) is 12.8 Å². The molecule has 1 fully saturated rings. The van der Waals surface area contributed by atoms with Crippen LogP contribution in [-0.4, -0.2) is 29.0 Å². The van der Waals surface area contributed by atoms with Crippen LogP contribution in [-0.2, 0) is 11.3 Å². The molecule has 1 saturated heterocycles. The molecular weight excluding hydrogens is 384 g/mol. The number of amides is 1. The zero-order valence-corrected chi connectivity index (χ0v) is 17.6. The van der Waals surface area contributed by atoms with Crippen molar-refractivity contribution in [3.8, 4) is 22.5 Å². The van der Waals surface area contributed by atoms with Gasteiger partial charge in [0.2, 0.25) is 5.91 Å². The lowest BCUT2D eigenvalue weighted by molar-refractivity contribution is -0.122. The standard InChI is InChI=1S/C26H26N4O/c1-17-22(19-7-3-2-4-8-19)10-11-23-24(17)30-25(29-23)20-9-5-6-18(14-20)15-27-16-21-12-13-28-26(21)31/h2-11,14,21,27H,12-13,15-16H2,1H3,(H,28,31)(H,29,30)/t21-/m0/s1. The number of fused-ring (bicyclic) bond motifs is 1. The molecule has 5 nitrogen and oxygen atoms in total. The second kappa shape index (κ2) is 8.36. The van der Waals surface area contributed by atoms with E-state index in [2.05, 4.69) is 83.2 Å². The maximum atomic E-state index is 11.7. The van der Waals surface area contributed by atoms with Crippen molar-refractivity contribution in [1.82, 2.24) is 20.6 Å². The normalized spacial score (nSPS) is 16.0. The number of H-pyrrole nitrogens is 1. The summed E-state index contributed by atoms with van der Waals surface area (Å²) in [5, 5.41) is 6.31. The summed E-state index contributed by atoms with van der Waals surface area (Å²) in [5.41, 5.74) is 7.89. The van der Waals surface area contributed by atoms with E-state index in [9.17, 15) is 4.79 Å². The molecule has 156 valence electrons. The third kappa shape index (κ3) is 3.97. The Morgan fingerprint density at radius 2 is 1.87 bits per heavy atom. The lowest BCUT2D eigenvalue weighted by Crippen LogP contribution is -2.28. The summed E-state index contributed by atoms with van der Waals surface area (Å²) < 4.78 is 0. The minimum atomic E-state index is 0.0836. The molecule has 3 aromatic carbocycles. The van der Waals surface area contributed by atoms with Gasteiger partial charge < -0.3 is 15.6 Å². The quantitative estimate of drug-likeness (QED) is 0.440. The topological polar surface area (TPSA) is 69.8 Å². The zero-order valence-electron chi connectivity index (χ0n) is 17.6. The highest BCUT2D eigenvalue weighted by Crippen LogP contribution is 2.30. The molecule has 0 unspecified atom stereocenters. The van der Waals surface area contributed by atoms with E-state index < -0.39 is 0 Å². The van der Waals surface area contributed by atoms with Crippen LogP contribution in [0.2, 0.25) is 0 Å². The first-order valence-electron chi connectivity index (χ1n) is 10.8. The van der Waals surface area contributed by atoms with E-state index in [1.54, 1.807) is 0 Å². The van der Waals surface area contributed by atoms with Gasteiger partial charge in [0.05, 0.1) is 17.0 Å². The van der Waals surface area contributed by atoms with Gasteiger partial charge in [-0.2, -0.15) is 0 Å². The third-order valence-corrected chi connectivity index (χ3v) is 6.08. The molecule has 1 atom stereocenters. The maximum absolute atomic E-state index is 11.7. The minimum absolute atomic E-state index is 0.0836. The number of nitrogens with zero attached hydrogens (tertiary/aromatic N) is 1. The average molecular weight is 411 g/mol. The molecule has 2 heterocycles. The van der Waals surface area contributed by atoms with Gasteiger partial charge in [0, 0.05) is 25.2 Å². The number of carbonyl (C=O) groups excluding carboxylic acids is 1. The Kier molecular flexibility index (Phi) is 5.26. The lowest BCUT2D eigenvalue weighted by atomic mass is 9.99. The summed E-state index contributed by atoms with van der Waals surface area (Å²) in [4.78, 5) is 20.1. The molecule has 31 heavy (non-hydrogen) atoms. The summed E-state index contributed by atoms with van der Waals surface area (Å²) in [6.45, 7) is 4.37. The van der Waals surface area contributed by atoms with Crippen molar-refractivity contribution in [3.05, 3.63) is 77.9 Å². The SMILES string of the molecule is Cc1c(-c2ccccc2)ccc2[nH]c(-c3cccc(CNC[C@@H]4CCNC4=O)c3)nc12. The number of benzene rings is 3. The van der Waals surface area contributed by atoms with Gasteiger partial charge in [0.15, 0.2) is 0 Å². The van der Waals surface area contributed by atoms with Crippen LogP contribution in [0.4, 0.5) is 0 Å². The number of rotatable bonds is 6. The fourth-order valence-corrected chi connectivity index (χ4v) is 4.34. The number of nitrogens with one attached hydrogen (secondary N) is 3. The molecule has 1 aliphatic heterocycles. The highest BCUT2D eigenvalue weighted by atomic mass is 16.2. The van der Waals surface area contributed by atoms with E-state index in [-0.39, 0.29) is 11.8 Å². The average Bonchev–Trinajstić information content (AvgIpc) is 3.42. The van der Waals surface area contributed by atoms with E-state index in [0.717, 1.165) is 41.9 Å². The van der Waals surface area contributed by atoms with Crippen LogP contribution >= 0.6 is 0 Å². The first-order valence-corrected chi connectivity index (χ1v) is 10.8. The van der Waals surface area contributed by atoms with E-state index in [4.69, 9.17) is 4.98 Å². The van der Waals surface area contributed by atoms with Gasteiger partial charge >= 0.3 is 0 Å². The predicted molar refractivity (Wildman–Crippen MR) is 125 cm³/mol. The lowest BCUT2D eigenvalue weighted by Gasteiger charge is -2.09. The fourth-order valence-electron chi connectivity index (χ4n) is 4.34. The molecular formula is C26H26N4O. The largest absolute Gasteiger partial charge is 0.356 e. The van der Waals surface area contributed by atoms with Gasteiger partial charge in [-0.25, -0.2) is 4.98 Å². The number of hydrogen-bond donors (Lipinski definition) is 3. The van der Waals surface area contributed by atoms with E-state index in [1.165, 1.54) is 22.3 Å². The number of aromatic nitrogens is 2. The van der Waals surface area contributed by atoms with Crippen LogP contribution < -0.4 is 10.6 Å².